The summed E-state index contributed by atoms with van der Waals surface area (Å²) in [6.07, 6.45) is 4.80. The minimum absolute atomic E-state index is 0.178. The van der Waals surface area contributed by atoms with E-state index in [-0.39, 0.29) is 12.5 Å². The topological polar surface area (TPSA) is 91.7 Å². The molecule has 0 bridgehead atoms. The molecule has 5 rings (SSSR count). The van der Waals surface area contributed by atoms with Crippen molar-refractivity contribution in [2.45, 2.75) is 11.4 Å². The van der Waals surface area contributed by atoms with Gasteiger partial charge in [-0.3, -0.25) is 14.1 Å². The molecule has 0 saturated carbocycles. The first-order valence-corrected chi connectivity index (χ1v) is 11.3. The van der Waals surface area contributed by atoms with Gasteiger partial charge in [0, 0.05) is 28.9 Å². The number of pyridine rings is 1. The number of hydrogen-bond acceptors (Lipinski definition) is 5. The number of hydrazone groups is 1. The Kier molecular flexibility index (Phi) is 4.91. The fraction of sp³-hybridized carbons (Fsp3) is 0.0417. The second kappa shape index (κ2) is 7.90. The van der Waals surface area contributed by atoms with Crippen LogP contribution in [0, 0.1) is 0 Å². The van der Waals surface area contributed by atoms with Gasteiger partial charge in [0.2, 0.25) is 0 Å². The van der Waals surface area contributed by atoms with Crippen molar-refractivity contribution in [1.29, 1.82) is 0 Å². The number of carbonyl (C=O) groups is 1. The number of amides is 1. The highest BCUT2D eigenvalue weighted by Gasteiger charge is 2.35. The standard InChI is InChI=1S/C24H18N4O3S/c29-24(27-26-15-18-4-3-13-25-14-18)20-11-9-17(10-12-20)16-28-21-7-1-5-19-6-2-8-22(23(19)21)32(28,30)31/h1-15H,16H2,(H,27,29)/b26-15+. The molecule has 0 spiro atoms. The molecule has 0 unspecified atom stereocenters. The molecule has 0 radical (unpaired) electrons. The van der Waals surface area contributed by atoms with Gasteiger partial charge in [0.15, 0.2) is 0 Å². The first-order chi connectivity index (χ1) is 15.5. The zero-order valence-electron chi connectivity index (χ0n) is 16.8. The van der Waals surface area contributed by atoms with Crippen LogP contribution in [-0.2, 0) is 16.6 Å². The normalized spacial score (nSPS) is 14.2. The maximum atomic E-state index is 13.1. The number of carbonyl (C=O) groups excluding carboxylic acids is 1. The van der Waals surface area contributed by atoms with Crippen molar-refractivity contribution in [3.05, 3.63) is 102 Å². The first kappa shape index (κ1) is 19.9. The Labute approximate surface area is 185 Å². The number of benzene rings is 3. The Morgan fingerprint density at radius 2 is 1.78 bits per heavy atom. The van der Waals surface area contributed by atoms with E-state index in [4.69, 9.17) is 0 Å². The third-order valence-electron chi connectivity index (χ3n) is 5.29. The van der Waals surface area contributed by atoms with Crippen molar-refractivity contribution in [2.75, 3.05) is 4.31 Å². The van der Waals surface area contributed by atoms with Gasteiger partial charge in [0.1, 0.15) is 0 Å². The Morgan fingerprint density at radius 1 is 1.00 bits per heavy atom. The molecule has 2 heterocycles. The molecular weight excluding hydrogens is 424 g/mol. The smallest absolute Gasteiger partial charge is 0.267 e. The lowest BCUT2D eigenvalue weighted by molar-refractivity contribution is 0.0955. The van der Waals surface area contributed by atoms with Crippen molar-refractivity contribution in [3.8, 4) is 0 Å². The Balaban J connectivity index is 1.33. The summed E-state index contributed by atoms with van der Waals surface area (Å²) in [5, 5.41) is 5.58. The van der Waals surface area contributed by atoms with Gasteiger partial charge in [-0.2, -0.15) is 5.10 Å². The van der Waals surface area contributed by atoms with Crippen molar-refractivity contribution in [2.24, 2.45) is 5.10 Å². The number of nitrogens with one attached hydrogen (secondary N) is 1. The number of rotatable bonds is 5. The zero-order chi connectivity index (χ0) is 22.1. The molecule has 1 aromatic heterocycles. The summed E-state index contributed by atoms with van der Waals surface area (Å²) < 4.78 is 27.7. The van der Waals surface area contributed by atoms with Crippen LogP contribution in [0.25, 0.3) is 10.8 Å². The van der Waals surface area contributed by atoms with Crippen LogP contribution < -0.4 is 9.73 Å². The Morgan fingerprint density at radius 3 is 2.53 bits per heavy atom. The summed E-state index contributed by atoms with van der Waals surface area (Å²) in [6, 6.07) is 21.3. The predicted octanol–water partition coefficient (Wildman–Crippen LogP) is 3.71. The van der Waals surface area contributed by atoms with E-state index in [2.05, 4.69) is 15.5 Å². The molecular formula is C24H18N4O3S. The van der Waals surface area contributed by atoms with E-state index in [9.17, 15) is 13.2 Å². The lowest BCUT2D eigenvalue weighted by atomic mass is 10.1. The van der Waals surface area contributed by atoms with Gasteiger partial charge in [0.25, 0.3) is 15.9 Å². The largest absolute Gasteiger partial charge is 0.271 e. The number of nitrogens with zero attached hydrogens (tertiary/aromatic N) is 3. The average molecular weight is 443 g/mol. The van der Waals surface area contributed by atoms with Crippen molar-refractivity contribution in [1.82, 2.24) is 10.4 Å². The Bertz CT molecular complexity index is 1440. The Hall–Kier alpha value is -4.04. The van der Waals surface area contributed by atoms with Crippen LogP contribution in [0.1, 0.15) is 21.5 Å². The highest BCUT2D eigenvalue weighted by Crippen LogP contribution is 2.42. The van der Waals surface area contributed by atoms with Gasteiger partial charge in [-0.15, -0.1) is 0 Å². The van der Waals surface area contributed by atoms with Crippen LogP contribution in [0.3, 0.4) is 0 Å². The lowest BCUT2D eigenvalue weighted by Crippen LogP contribution is -2.26. The molecule has 32 heavy (non-hydrogen) atoms. The van der Waals surface area contributed by atoms with Gasteiger partial charge < -0.3 is 0 Å². The zero-order valence-corrected chi connectivity index (χ0v) is 17.7. The van der Waals surface area contributed by atoms with Gasteiger partial charge in [-0.05, 0) is 41.3 Å². The van der Waals surface area contributed by atoms with E-state index in [0.29, 0.717) is 16.1 Å². The predicted molar refractivity (Wildman–Crippen MR) is 123 cm³/mol. The monoisotopic (exact) mass is 442 g/mol. The molecule has 7 nitrogen and oxygen atoms in total. The lowest BCUT2D eigenvalue weighted by Gasteiger charge is -2.19. The second-order valence-corrected chi connectivity index (χ2v) is 9.16. The molecule has 0 saturated heterocycles. The molecule has 1 amide bonds. The van der Waals surface area contributed by atoms with E-state index < -0.39 is 10.0 Å². The van der Waals surface area contributed by atoms with E-state index in [0.717, 1.165) is 21.9 Å². The SMILES string of the molecule is O=C(N/N=C/c1cccnc1)c1ccc(CN2c3cccc4cccc(c34)S2(=O)=O)cc1. The van der Waals surface area contributed by atoms with Gasteiger partial charge >= 0.3 is 0 Å². The van der Waals surface area contributed by atoms with Gasteiger partial charge in [0.05, 0.1) is 23.3 Å². The minimum Gasteiger partial charge on any atom is -0.267 e. The van der Waals surface area contributed by atoms with Crippen LogP contribution in [0.4, 0.5) is 5.69 Å². The van der Waals surface area contributed by atoms with Gasteiger partial charge in [-0.25, -0.2) is 13.8 Å². The van der Waals surface area contributed by atoms with Crippen molar-refractivity contribution < 1.29 is 13.2 Å². The molecule has 0 atom stereocenters. The third-order valence-corrected chi connectivity index (χ3v) is 7.09. The van der Waals surface area contributed by atoms with Crippen LogP contribution in [-0.4, -0.2) is 25.5 Å². The van der Waals surface area contributed by atoms with Crippen molar-refractivity contribution in [3.63, 3.8) is 0 Å². The quantitative estimate of drug-likeness (QED) is 0.377. The molecule has 4 aromatic rings. The van der Waals surface area contributed by atoms with E-state index >= 15 is 0 Å². The average Bonchev–Trinajstić information content (AvgIpc) is 3.03. The molecule has 0 fully saturated rings. The number of anilines is 1. The molecule has 1 aliphatic rings. The van der Waals surface area contributed by atoms with Crippen LogP contribution in [0.2, 0.25) is 0 Å². The van der Waals surface area contributed by atoms with Crippen molar-refractivity contribution >= 4 is 38.6 Å². The number of aromatic nitrogens is 1. The molecule has 158 valence electrons. The van der Waals surface area contributed by atoms with E-state index in [1.165, 1.54) is 10.5 Å². The van der Waals surface area contributed by atoms with Crippen LogP contribution in [0.15, 0.2) is 95.2 Å². The molecule has 8 heteroatoms. The number of hydrogen-bond donors (Lipinski definition) is 1. The first-order valence-electron chi connectivity index (χ1n) is 9.91. The highest BCUT2D eigenvalue weighted by molar-refractivity contribution is 7.93. The fourth-order valence-corrected chi connectivity index (χ4v) is 5.44. The summed E-state index contributed by atoms with van der Waals surface area (Å²) >= 11 is 0. The van der Waals surface area contributed by atoms with Gasteiger partial charge in [-0.1, -0.05) is 42.5 Å². The molecule has 0 aliphatic carbocycles. The minimum atomic E-state index is -3.63. The summed E-state index contributed by atoms with van der Waals surface area (Å²) in [5.41, 5.74) is 5.11. The van der Waals surface area contributed by atoms with Crippen LogP contribution in [0.5, 0.6) is 0 Å². The molecule has 1 N–H and O–H groups in total. The highest BCUT2D eigenvalue weighted by atomic mass is 32.2. The van der Waals surface area contributed by atoms with Crippen LogP contribution >= 0.6 is 0 Å². The molecule has 1 aliphatic heterocycles. The van der Waals surface area contributed by atoms with E-state index in [1.807, 2.05) is 30.3 Å². The second-order valence-electron chi connectivity index (χ2n) is 7.33. The maximum Gasteiger partial charge on any atom is 0.271 e. The molecule has 3 aromatic carbocycles. The third kappa shape index (κ3) is 3.50. The van der Waals surface area contributed by atoms with E-state index in [1.54, 1.807) is 54.9 Å². The maximum absolute atomic E-state index is 13.1. The fourth-order valence-electron chi connectivity index (χ4n) is 3.74. The summed E-state index contributed by atoms with van der Waals surface area (Å²) in [6.45, 7) is 0.178. The summed E-state index contributed by atoms with van der Waals surface area (Å²) in [5.74, 6) is -0.359. The summed E-state index contributed by atoms with van der Waals surface area (Å²) in [4.78, 5) is 16.6. The number of sulfonamides is 1. The summed E-state index contributed by atoms with van der Waals surface area (Å²) in [7, 11) is -3.63.